The molecule has 3 N–H and O–H groups in total. The molecule has 0 aliphatic heterocycles. The third kappa shape index (κ3) is 5.08. The van der Waals surface area contributed by atoms with Gasteiger partial charge in [-0.05, 0) is 31.1 Å². The van der Waals surface area contributed by atoms with Gasteiger partial charge >= 0.3 is 0 Å². The first-order chi connectivity index (χ1) is 12.3. The molecule has 2 aliphatic carbocycles. The van der Waals surface area contributed by atoms with E-state index in [1.165, 1.54) is 6.42 Å². The Balaban J connectivity index is 1.43. The topological polar surface area (TPSA) is 86.9 Å². The SMILES string of the molecule is CC(C)(C)CC(=O)NC1CC(c2cc(NC(=O)C3CCCCC3)n[nH]2)C1. The molecular formula is C20H32N4O2. The number of nitrogens with one attached hydrogen (secondary N) is 3. The predicted molar refractivity (Wildman–Crippen MR) is 102 cm³/mol. The number of anilines is 1. The lowest BCUT2D eigenvalue weighted by atomic mass is 9.78. The van der Waals surface area contributed by atoms with Gasteiger partial charge in [0.25, 0.3) is 0 Å². The number of H-pyrrole nitrogens is 1. The van der Waals surface area contributed by atoms with Crippen molar-refractivity contribution in [3.8, 4) is 0 Å². The second-order valence-corrected chi connectivity index (χ2v) is 9.20. The first-order valence-corrected chi connectivity index (χ1v) is 9.96. The molecule has 2 saturated carbocycles. The monoisotopic (exact) mass is 360 g/mol. The number of nitrogens with zero attached hydrogens (tertiary/aromatic N) is 1. The Kier molecular flexibility index (Phi) is 5.68. The number of amides is 2. The third-order valence-corrected chi connectivity index (χ3v) is 5.46. The van der Waals surface area contributed by atoms with Gasteiger partial charge in [-0.3, -0.25) is 14.7 Å². The molecular weight excluding hydrogens is 328 g/mol. The van der Waals surface area contributed by atoms with Crippen LogP contribution in [0.1, 0.15) is 83.7 Å². The molecule has 0 radical (unpaired) electrons. The Morgan fingerprint density at radius 1 is 1.19 bits per heavy atom. The first-order valence-electron chi connectivity index (χ1n) is 9.96. The zero-order chi connectivity index (χ0) is 18.7. The van der Waals surface area contributed by atoms with Gasteiger partial charge in [0.15, 0.2) is 5.82 Å². The van der Waals surface area contributed by atoms with E-state index in [1.54, 1.807) is 0 Å². The maximum absolute atomic E-state index is 12.3. The van der Waals surface area contributed by atoms with Gasteiger partial charge in [-0.25, -0.2) is 0 Å². The molecule has 0 bridgehead atoms. The molecule has 2 amide bonds. The molecule has 2 aliphatic rings. The van der Waals surface area contributed by atoms with Gasteiger partial charge in [-0.1, -0.05) is 40.0 Å². The number of carbonyl (C=O) groups is 2. The van der Waals surface area contributed by atoms with Gasteiger partial charge < -0.3 is 10.6 Å². The van der Waals surface area contributed by atoms with Crippen LogP contribution in [0.3, 0.4) is 0 Å². The van der Waals surface area contributed by atoms with Crippen molar-refractivity contribution in [1.82, 2.24) is 15.5 Å². The average molecular weight is 361 g/mol. The number of hydrogen-bond acceptors (Lipinski definition) is 3. The van der Waals surface area contributed by atoms with Gasteiger partial charge in [0.2, 0.25) is 11.8 Å². The molecule has 6 nitrogen and oxygen atoms in total. The Labute approximate surface area is 155 Å². The highest BCUT2D eigenvalue weighted by Gasteiger charge is 2.33. The highest BCUT2D eigenvalue weighted by atomic mass is 16.2. The van der Waals surface area contributed by atoms with E-state index in [0.29, 0.717) is 18.2 Å². The average Bonchev–Trinajstić information content (AvgIpc) is 2.97. The quantitative estimate of drug-likeness (QED) is 0.748. The van der Waals surface area contributed by atoms with Crippen LogP contribution in [0.25, 0.3) is 0 Å². The maximum atomic E-state index is 12.3. The highest BCUT2D eigenvalue weighted by Crippen LogP contribution is 2.37. The van der Waals surface area contributed by atoms with E-state index < -0.39 is 0 Å². The Morgan fingerprint density at radius 2 is 1.88 bits per heavy atom. The Hall–Kier alpha value is -1.85. The molecule has 0 aromatic carbocycles. The van der Waals surface area contributed by atoms with E-state index in [9.17, 15) is 9.59 Å². The summed E-state index contributed by atoms with van der Waals surface area (Å²) in [4.78, 5) is 24.3. The van der Waals surface area contributed by atoms with Crippen molar-refractivity contribution in [3.05, 3.63) is 11.8 Å². The van der Waals surface area contributed by atoms with Crippen LogP contribution in [0, 0.1) is 11.3 Å². The normalized spacial score (nSPS) is 24.0. The Bertz CT molecular complexity index is 634. The van der Waals surface area contributed by atoms with Crippen LogP contribution in [-0.2, 0) is 9.59 Å². The fourth-order valence-corrected chi connectivity index (χ4v) is 3.95. The summed E-state index contributed by atoms with van der Waals surface area (Å²) in [7, 11) is 0. The lowest BCUT2D eigenvalue weighted by molar-refractivity contribution is -0.124. The molecule has 2 fully saturated rings. The van der Waals surface area contributed by atoms with Crippen molar-refractivity contribution in [1.29, 1.82) is 0 Å². The standard InChI is InChI=1S/C20H32N4O2/c1-20(2,3)12-18(25)21-15-9-14(10-15)16-11-17(24-23-16)22-19(26)13-7-5-4-6-8-13/h11,13-15H,4-10,12H2,1-3H3,(H,21,25)(H2,22,23,24,26). The molecule has 1 aromatic rings. The van der Waals surface area contributed by atoms with Gasteiger partial charge in [0.05, 0.1) is 0 Å². The number of hydrogen-bond donors (Lipinski definition) is 3. The largest absolute Gasteiger partial charge is 0.353 e. The van der Waals surface area contributed by atoms with Gasteiger partial charge in [0, 0.05) is 36.1 Å². The number of rotatable bonds is 5. The number of aromatic amines is 1. The van der Waals surface area contributed by atoms with E-state index in [1.807, 2.05) is 6.07 Å². The minimum absolute atomic E-state index is 0.0159. The molecule has 0 atom stereocenters. The minimum Gasteiger partial charge on any atom is -0.353 e. The maximum Gasteiger partial charge on any atom is 0.228 e. The summed E-state index contributed by atoms with van der Waals surface area (Å²) in [5.74, 6) is 1.36. The molecule has 1 aromatic heterocycles. The summed E-state index contributed by atoms with van der Waals surface area (Å²) < 4.78 is 0. The predicted octanol–water partition coefficient (Wildman–Crippen LogP) is 3.73. The zero-order valence-electron chi connectivity index (χ0n) is 16.2. The molecule has 0 saturated heterocycles. The van der Waals surface area contributed by atoms with Crippen LogP contribution < -0.4 is 10.6 Å². The second kappa shape index (κ2) is 7.80. The summed E-state index contributed by atoms with van der Waals surface area (Å²) in [6.07, 6.45) is 7.91. The van der Waals surface area contributed by atoms with Crippen LogP contribution >= 0.6 is 0 Å². The fraction of sp³-hybridized carbons (Fsp3) is 0.750. The van der Waals surface area contributed by atoms with Crippen LogP contribution in [0.2, 0.25) is 0 Å². The summed E-state index contributed by atoms with van der Waals surface area (Å²) in [5.41, 5.74) is 1.06. The van der Waals surface area contributed by atoms with Crippen molar-refractivity contribution >= 4 is 17.6 Å². The zero-order valence-corrected chi connectivity index (χ0v) is 16.2. The van der Waals surface area contributed by atoms with Crippen LogP contribution in [0.15, 0.2) is 6.07 Å². The van der Waals surface area contributed by atoms with E-state index >= 15 is 0 Å². The summed E-state index contributed by atoms with van der Waals surface area (Å²) >= 11 is 0. The van der Waals surface area contributed by atoms with E-state index in [-0.39, 0.29) is 29.2 Å². The van der Waals surface area contributed by atoms with Crippen LogP contribution in [-0.4, -0.2) is 28.1 Å². The molecule has 6 heteroatoms. The molecule has 1 heterocycles. The van der Waals surface area contributed by atoms with E-state index in [0.717, 1.165) is 44.2 Å². The van der Waals surface area contributed by atoms with Crippen molar-refractivity contribution in [2.45, 2.75) is 84.1 Å². The van der Waals surface area contributed by atoms with Crippen molar-refractivity contribution in [3.63, 3.8) is 0 Å². The smallest absolute Gasteiger partial charge is 0.228 e. The van der Waals surface area contributed by atoms with Gasteiger partial charge in [0.1, 0.15) is 0 Å². The van der Waals surface area contributed by atoms with Crippen molar-refractivity contribution < 1.29 is 9.59 Å². The molecule has 0 spiro atoms. The third-order valence-electron chi connectivity index (χ3n) is 5.46. The second-order valence-electron chi connectivity index (χ2n) is 9.20. The van der Waals surface area contributed by atoms with Crippen molar-refractivity contribution in [2.24, 2.45) is 11.3 Å². The first kappa shape index (κ1) is 18.9. The van der Waals surface area contributed by atoms with E-state index in [4.69, 9.17) is 0 Å². The molecule has 3 rings (SSSR count). The lowest BCUT2D eigenvalue weighted by Gasteiger charge is -2.35. The molecule has 0 unspecified atom stereocenters. The summed E-state index contributed by atoms with van der Waals surface area (Å²) in [5, 5.41) is 13.4. The molecule has 144 valence electrons. The fourth-order valence-electron chi connectivity index (χ4n) is 3.95. The van der Waals surface area contributed by atoms with E-state index in [2.05, 4.69) is 41.6 Å². The lowest BCUT2D eigenvalue weighted by Crippen LogP contribution is -2.44. The Morgan fingerprint density at radius 3 is 2.54 bits per heavy atom. The minimum atomic E-state index is 0.0159. The van der Waals surface area contributed by atoms with Crippen molar-refractivity contribution in [2.75, 3.05) is 5.32 Å². The van der Waals surface area contributed by atoms with Crippen LogP contribution in [0.4, 0.5) is 5.82 Å². The summed E-state index contributed by atoms with van der Waals surface area (Å²) in [6, 6.07) is 2.19. The highest BCUT2D eigenvalue weighted by molar-refractivity contribution is 5.91. The number of carbonyl (C=O) groups excluding carboxylic acids is 2. The summed E-state index contributed by atoms with van der Waals surface area (Å²) in [6.45, 7) is 6.22. The van der Waals surface area contributed by atoms with Gasteiger partial charge in [-0.2, -0.15) is 5.10 Å². The van der Waals surface area contributed by atoms with Crippen LogP contribution in [0.5, 0.6) is 0 Å². The number of aromatic nitrogens is 2. The molecule has 26 heavy (non-hydrogen) atoms. The van der Waals surface area contributed by atoms with Gasteiger partial charge in [-0.15, -0.1) is 0 Å².